The van der Waals surface area contributed by atoms with Gasteiger partial charge in [-0.05, 0) is 18.8 Å². The Kier molecular flexibility index (Phi) is 6.65. The lowest BCUT2D eigenvalue weighted by atomic mass is 9.94. The second-order valence-electron chi connectivity index (χ2n) is 5.38. The summed E-state index contributed by atoms with van der Waals surface area (Å²) in [6.45, 7) is 9.52. The molecular formula is C14H29N3O. The van der Waals surface area contributed by atoms with Crippen molar-refractivity contribution in [2.75, 3.05) is 26.7 Å². The van der Waals surface area contributed by atoms with Crippen molar-refractivity contribution >= 4 is 5.91 Å². The minimum atomic E-state index is -0.00208. The molecule has 0 radical (unpaired) electrons. The molecule has 0 spiro atoms. The average molecular weight is 255 g/mol. The van der Waals surface area contributed by atoms with Crippen LogP contribution in [0.4, 0.5) is 0 Å². The van der Waals surface area contributed by atoms with E-state index in [1.54, 1.807) is 7.05 Å². The van der Waals surface area contributed by atoms with E-state index in [1.165, 1.54) is 12.8 Å². The number of hydrogen-bond acceptors (Lipinski definition) is 3. The summed E-state index contributed by atoms with van der Waals surface area (Å²) in [5.41, 5.74) is 0. The van der Waals surface area contributed by atoms with Crippen LogP contribution in [0.1, 0.15) is 40.0 Å². The van der Waals surface area contributed by atoms with Crippen LogP contribution in [-0.2, 0) is 4.79 Å². The van der Waals surface area contributed by atoms with Crippen molar-refractivity contribution in [2.24, 2.45) is 5.92 Å². The molecule has 3 atom stereocenters. The molecule has 18 heavy (non-hydrogen) atoms. The molecule has 4 heteroatoms. The largest absolute Gasteiger partial charge is 0.358 e. The number of likely N-dealkylation sites (N-methyl/N-ethyl adjacent to an activating group) is 1. The predicted octanol–water partition coefficient (Wildman–Crippen LogP) is 1.22. The zero-order valence-electron chi connectivity index (χ0n) is 12.3. The molecule has 1 rings (SSSR count). The quantitative estimate of drug-likeness (QED) is 0.750. The Hall–Kier alpha value is -0.610. The summed E-state index contributed by atoms with van der Waals surface area (Å²) >= 11 is 0. The van der Waals surface area contributed by atoms with Crippen LogP contribution in [0.25, 0.3) is 0 Å². The first-order chi connectivity index (χ1) is 8.63. The molecule has 1 saturated heterocycles. The molecule has 0 saturated carbocycles. The molecule has 3 unspecified atom stereocenters. The van der Waals surface area contributed by atoms with Crippen LogP contribution in [0.5, 0.6) is 0 Å². The van der Waals surface area contributed by atoms with Crippen LogP contribution in [0.2, 0.25) is 0 Å². The maximum atomic E-state index is 12.0. The maximum absolute atomic E-state index is 12.0. The second kappa shape index (κ2) is 7.74. The highest BCUT2D eigenvalue weighted by atomic mass is 16.2. The van der Waals surface area contributed by atoms with Crippen molar-refractivity contribution in [2.45, 2.75) is 52.1 Å². The molecule has 0 bridgehead atoms. The Morgan fingerprint density at radius 2 is 2.17 bits per heavy atom. The monoisotopic (exact) mass is 255 g/mol. The van der Waals surface area contributed by atoms with Gasteiger partial charge in [0.1, 0.15) is 6.04 Å². The lowest BCUT2D eigenvalue weighted by molar-refractivity contribution is -0.127. The summed E-state index contributed by atoms with van der Waals surface area (Å²) in [4.78, 5) is 14.4. The Morgan fingerprint density at radius 3 is 2.72 bits per heavy atom. The Labute approximate surface area is 111 Å². The molecule has 0 aromatic rings. The molecule has 1 amide bonds. The predicted molar refractivity (Wildman–Crippen MR) is 75.6 cm³/mol. The Balaban J connectivity index is 2.70. The van der Waals surface area contributed by atoms with Gasteiger partial charge in [-0.1, -0.05) is 27.2 Å². The SMILES string of the molecule is CCC(C)CC(CC)N1CCNCC1C(=O)NC. The minimum absolute atomic E-state index is 0.00208. The summed E-state index contributed by atoms with van der Waals surface area (Å²) in [5, 5.41) is 6.11. The smallest absolute Gasteiger partial charge is 0.238 e. The van der Waals surface area contributed by atoms with Gasteiger partial charge in [0, 0.05) is 32.7 Å². The lowest BCUT2D eigenvalue weighted by Gasteiger charge is -2.41. The summed E-state index contributed by atoms with van der Waals surface area (Å²) in [6.07, 6.45) is 3.53. The fourth-order valence-electron chi connectivity index (χ4n) is 2.73. The van der Waals surface area contributed by atoms with Gasteiger partial charge in [-0.25, -0.2) is 0 Å². The second-order valence-corrected chi connectivity index (χ2v) is 5.38. The third-order valence-corrected chi connectivity index (χ3v) is 4.15. The highest BCUT2D eigenvalue weighted by molar-refractivity contribution is 5.81. The lowest BCUT2D eigenvalue weighted by Crippen LogP contribution is -2.60. The Morgan fingerprint density at radius 1 is 1.44 bits per heavy atom. The molecule has 1 heterocycles. The van der Waals surface area contributed by atoms with Crippen molar-refractivity contribution in [3.63, 3.8) is 0 Å². The van der Waals surface area contributed by atoms with Gasteiger partial charge >= 0.3 is 0 Å². The summed E-state index contributed by atoms with van der Waals surface area (Å²) in [6, 6.07) is 0.530. The number of carbonyl (C=O) groups is 1. The zero-order chi connectivity index (χ0) is 13.5. The van der Waals surface area contributed by atoms with Crippen molar-refractivity contribution in [1.82, 2.24) is 15.5 Å². The molecule has 0 aromatic carbocycles. The highest BCUT2D eigenvalue weighted by Gasteiger charge is 2.32. The van der Waals surface area contributed by atoms with Crippen LogP contribution < -0.4 is 10.6 Å². The third kappa shape index (κ3) is 3.95. The van der Waals surface area contributed by atoms with Gasteiger partial charge in [-0.3, -0.25) is 9.69 Å². The van der Waals surface area contributed by atoms with E-state index in [2.05, 4.69) is 36.3 Å². The molecule has 1 aliphatic heterocycles. The van der Waals surface area contributed by atoms with E-state index in [0.29, 0.717) is 6.04 Å². The van der Waals surface area contributed by atoms with Gasteiger partial charge < -0.3 is 10.6 Å². The number of hydrogen-bond donors (Lipinski definition) is 2. The molecule has 1 aliphatic rings. The molecule has 0 aromatic heterocycles. The van der Waals surface area contributed by atoms with Crippen LogP contribution in [0, 0.1) is 5.92 Å². The first-order valence-corrected chi connectivity index (χ1v) is 7.32. The van der Waals surface area contributed by atoms with E-state index in [1.807, 2.05) is 0 Å². The standard InChI is InChI=1S/C14H29N3O/c1-5-11(3)9-12(6-2)17-8-7-16-10-13(17)14(18)15-4/h11-13,16H,5-10H2,1-4H3,(H,15,18). The van der Waals surface area contributed by atoms with Crippen molar-refractivity contribution in [1.29, 1.82) is 0 Å². The maximum Gasteiger partial charge on any atom is 0.238 e. The van der Waals surface area contributed by atoms with Gasteiger partial charge in [0.2, 0.25) is 5.91 Å². The van der Waals surface area contributed by atoms with Crippen LogP contribution in [0.3, 0.4) is 0 Å². The fraction of sp³-hybridized carbons (Fsp3) is 0.929. The molecule has 106 valence electrons. The number of nitrogens with zero attached hydrogens (tertiary/aromatic N) is 1. The van der Waals surface area contributed by atoms with Gasteiger partial charge in [0.05, 0.1) is 0 Å². The third-order valence-electron chi connectivity index (χ3n) is 4.15. The topological polar surface area (TPSA) is 44.4 Å². The number of rotatable bonds is 6. The van der Waals surface area contributed by atoms with Crippen LogP contribution >= 0.6 is 0 Å². The van der Waals surface area contributed by atoms with E-state index in [-0.39, 0.29) is 11.9 Å². The number of carbonyl (C=O) groups excluding carboxylic acids is 1. The molecule has 2 N–H and O–H groups in total. The highest BCUT2D eigenvalue weighted by Crippen LogP contribution is 2.20. The van der Waals surface area contributed by atoms with Crippen LogP contribution in [0.15, 0.2) is 0 Å². The zero-order valence-corrected chi connectivity index (χ0v) is 12.3. The van der Waals surface area contributed by atoms with Gasteiger partial charge in [-0.15, -0.1) is 0 Å². The van der Waals surface area contributed by atoms with Crippen molar-refractivity contribution in [3.8, 4) is 0 Å². The molecule has 4 nitrogen and oxygen atoms in total. The van der Waals surface area contributed by atoms with Crippen LogP contribution in [-0.4, -0.2) is 49.6 Å². The Bertz CT molecular complexity index is 257. The first kappa shape index (κ1) is 15.4. The van der Waals surface area contributed by atoms with Gasteiger partial charge in [-0.2, -0.15) is 0 Å². The summed E-state index contributed by atoms with van der Waals surface area (Å²) < 4.78 is 0. The number of piperazine rings is 1. The fourth-order valence-corrected chi connectivity index (χ4v) is 2.73. The number of amides is 1. The van der Waals surface area contributed by atoms with Gasteiger partial charge in [0.15, 0.2) is 0 Å². The summed E-state index contributed by atoms with van der Waals surface area (Å²) in [5.74, 6) is 0.875. The molecular weight excluding hydrogens is 226 g/mol. The molecule has 1 fully saturated rings. The summed E-state index contributed by atoms with van der Waals surface area (Å²) in [7, 11) is 1.73. The van der Waals surface area contributed by atoms with E-state index >= 15 is 0 Å². The van der Waals surface area contributed by atoms with E-state index < -0.39 is 0 Å². The number of nitrogens with one attached hydrogen (secondary N) is 2. The van der Waals surface area contributed by atoms with E-state index in [4.69, 9.17) is 0 Å². The normalized spacial score (nSPS) is 24.6. The first-order valence-electron chi connectivity index (χ1n) is 7.32. The minimum Gasteiger partial charge on any atom is -0.358 e. The molecule has 0 aliphatic carbocycles. The van der Waals surface area contributed by atoms with E-state index in [0.717, 1.165) is 32.0 Å². The van der Waals surface area contributed by atoms with Crippen molar-refractivity contribution in [3.05, 3.63) is 0 Å². The van der Waals surface area contributed by atoms with Crippen molar-refractivity contribution < 1.29 is 4.79 Å². The average Bonchev–Trinajstić information content (AvgIpc) is 2.43. The van der Waals surface area contributed by atoms with E-state index in [9.17, 15) is 4.79 Å². The van der Waals surface area contributed by atoms with Gasteiger partial charge in [0.25, 0.3) is 0 Å².